The third-order valence-corrected chi connectivity index (χ3v) is 3.00. The van der Waals surface area contributed by atoms with Crippen molar-refractivity contribution >= 4 is 17.4 Å². The van der Waals surface area contributed by atoms with Crippen LogP contribution in [0.4, 0.5) is 5.69 Å². The number of carbonyl (C=O) groups excluding carboxylic acids is 2. The Balaban J connectivity index is 2.02. The van der Waals surface area contributed by atoms with E-state index in [1.807, 2.05) is 0 Å². The van der Waals surface area contributed by atoms with Crippen LogP contribution < -0.4 is 9.64 Å². The first-order chi connectivity index (χ1) is 9.20. The number of anilines is 1. The van der Waals surface area contributed by atoms with Crippen LogP contribution in [0.3, 0.4) is 0 Å². The van der Waals surface area contributed by atoms with Crippen LogP contribution in [0.2, 0.25) is 0 Å². The van der Waals surface area contributed by atoms with Crippen molar-refractivity contribution in [1.82, 2.24) is 5.16 Å². The van der Waals surface area contributed by atoms with Crippen LogP contribution in [0.1, 0.15) is 15.9 Å². The maximum Gasteiger partial charge on any atom is 0.299 e. The van der Waals surface area contributed by atoms with Gasteiger partial charge in [-0.15, -0.1) is 0 Å². The Hall–Kier alpha value is -2.63. The summed E-state index contributed by atoms with van der Waals surface area (Å²) in [6.07, 6.45) is 2.95. The minimum atomic E-state index is -0.551. The molecular weight excluding hydrogens is 248 g/mol. The summed E-state index contributed by atoms with van der Waals surface area (Å²) in [7, 11) is 1.53. The largest absolute Gasteiger partial charge is 0.497 e. The number of hydrogen-bond donors (Lipinski definition) is 0. The zero-order valence-corrected chi connectivity index (χ0v) is 10.1. The van der Waals surface area contributed by atoms with Gasteiger partial charge in [0.25, 0.3) is 11.7 Å². The van der Waals surface area contributed by atoms with Crippen molar-refractivity contribution in [3.63, 3.8) is 0 Å². The number of ether oxygens (including phenoxy) is 1. The van der Waals surface area contributed by atoms with Gasteiger partial charge in [-0.1, -0.05) is 5.16 Å². The zero-order chi connectivity index (χ0) is 13.4. The molecule has 1 aromatic carbocycles. The molecule has 1 aliphatic rings. The Bertz CT molecular complexity index is 649. The summed E-state index contributed by atoms with van der Waals surface area (Å²) in [4.78, 5) is 25.2. The maximum absolute atomic E-state index is 12.0. The van der Waals surface area contributed by atoms with Crippen LogP contribution in [-0.4, -0.2) is 24.0 Å². The van der Waals surface area contributed by atoms with Crippen LogP contribution in [0.15, 0.2) is 35.2 Å². The second kappa shape index (κ2) is 4.24. The Morgan fingerprint density at radius 2 is 2.21 bits per heavy atom. The van der Waals surface area contributed by atoms with E-state index in [0.717, 1.165) is 5.56 Å². The summed E-state index contributed by atoms with van der Waals surface area (Å²) in [5, 5.41) is 3.58. The fourth-order valence-electron chi connectivity index (χ4n) is 2.05. The molecule has 0 atom stereocenters. The highest BCUT2D eigenvalue weighted by Gasteiger charge is 2.36. The first kappa shape index (κ1) is 11.5. The van der Waals surface area contributed by atoms with Gasteiger partial charge in [0, 0.05) is 11.6 Å². The van der Waals surface area contributed by atoms with Gasteiger partial charge >= 0.3 is 0 Å². The minimum Gasteiger partial charge on any atom is -0.497 e. The molecule has 1 aromatic heterocycles. The van der Waals surface area contributed by atoms with Crippen LogP contribution in [0.25, 0.3) is 0 Å². The molecule has 0 saturated carbocycles. The van der Waals surface area contributed by atoms with Gasteiger partial charge in [0.15, 0.2) is 0 Å². The molecule has 2 heterocycles. The molecule has 96 valence electrons. The second-order valence-electron chi connectivity index (χ2n) is 4.14. The normalized spacial score (nSPS) is 13.8. The van der Waals surface area contributed by atoms with Gasteiger partial charge in [0.2, 0.25) is 0 Å². The third-order valence-electron chi connectivity index (χ3n) is 3.00. The van der Waals surface area contributed by atoms with E-state index in [1.165, 1.54) is 24.5 Å². The predicted octanol–water partition coefficient (Wildman–Crippen LogP) is 1.41. The highest BCUT2D eigenvalue weighted by atomic mass is 16.5. The Morgan fingerprint density at radius 3 is 2.89 bits per heavy atom. The molecule has 1 amide bonds. The van der Waals surface area contributed by atoms with Gasteiger partial charge in [0.1, 0.15) is 12.0 Å². The van der Waals surface area contributed by atoms with Gasteiger partial charge < -0.3 is 14.2 Å². The highest BCUT2D eigenvalue weighted by molar-refractivity contribution is 6.52. The molecule has 0 aliphatic carbocycles. The van der Waals surface area contributed by atoms with E-state index in [9.17, 15) is 9.59 Å². The molecule has 2 aromatic rings. The quantitative estimate of drug-likeness (QED) is 0.778. The van der Waals surface area contributed by atoms with Gasteiger partial charge in [-0.25, -0.2) is 0 Å². The summed E-state index contributed by atoms with van der Waals surface area (Å²) in [6.45, 7) is 0.244. The number of benzene rings is 1. The van der Waals surface area contributed by atoms with Crippen molar-refractivity contribution in [2.24, 2.45) is 0 Å². The van der Waals surface area contributed by atoms with E-state index < -0.39 is 11.7 Å². The molecule has 1 aliphatic heterocycles. The lowest BCUT2D eigenvalue weighted by Crippen LogP contribution is -2.28. The second-order valence-corrected chi connectivity index (χ2v) is 4.14. The Morgan fingerprint density at radius 1 is 1.37 bits per heavy atom. The number of rotatable bonds is 3. The summed E-state index contributed by atoms with van der Waals surface area (Å²) in [5.41, 5.74) is 1.66. The number of aromatic nitrogens is 1. The van der Waals surface area contributed by atoms with Gasteiger partial charge in [0.05, 0.1) is 31.1 Å². The average Bonchev–Trinajstić information content (AvgIpc) is 3.02. The minimum absolute atomic E-state index is 0.244. The van der Waals surface area contributed by atoms with Crippen molar-refractivity contribution in [3.8, 4) is 5.75 Å². The lowest BCUT2D eigenvalue weighted by atomic mass is 10.1. The number of Topliss-reactive ketones (excluding diaryl/α,β-unsaturated/α-hetero) is 1. The molecule has 0 saturated heterocycles. The standard InChI is InChI=1S/C13H10N2O4/c1-18-9-2-3-10-11(4-9)15(13(17)12(10)16)6-8-5-14-19-7-8/h2-5,7H,6H2,1H3. The monoisotopic (exact) mass is 258 g/mol. The molecule has 0 fully saturated rings. The molecule has 0 radical (unpaired) electrons. The number of fused-ring (bicyclic) bond motifs is 1. The lowest BCUT2D eigenvalue weighted by molar-refractivity contribution is -0.114. The molecule has 0 unspecified atom stereocenters. The number of hydrogen-bond acceptors (Lipinski definition) is 5. The van der Waals surface area contributed by atoms with Crippen molar-refractivity contribution < 1.29 is 18.8 Å². The Labute approximate surface area is 108 Å². The van der Waals surface area contributed by atoms with Crippen molar-refractivity contribution in [2.75, 3.05) is 12.0 Å². The summed E-state index contributed by atoms with van der Waals surface area (Å²) in [5.74, 6) is -0.463. The first-order valence-corrected chi connectivity index (χ1v) is 5.63. The van der Waals surface area contributed by atoms with Crippen LogP contribution in [-0.2, 0) is 11.3 Å². The highest BCUT2D eigenvalue weighted by Crippen LogP contribution is 2.33. The van der Waals surface area contributed by atoms with Crippen LogP contribution in [0.5, 0.6) is 5.75 Å². The molecule has 6 heteroatoms. The van der Waals surface area contributed by atoms with Gasteiger partial charge in [-0.2, -0.15) is 0 Å². The van der Waals surface area contributed by atoms with Crippen LogP contribution >= 0.6 is 0 Å². The molecule has 0 spiro atoms. The van der Waals surface area contributed by atoms with E-state index in [4.69, 9.17) is 9.26 Å². The van der Waals surface area contributed by atoms with E-state index in [0.29, 0.717) is 17.0 Å². The first-order valence-electron chi connectivity index (χ1n) is 5.63. The van der Waals surface area contributed by atoms with Crippen molar-refractivity contribution in [1.29, 1.82) is 0 Å². The van der Waals surface area contributed by atoms with Crippen molar-refractivity contribution in [2.45, 2.75) is 6.54 Å². The number of ketones is 1. The van der Waals surface area contributed by atoms with Gasteiger partial charge in [-0.3, -0.25) is 9.59 Å². The zero-order valence-electron chi connectivity index (χ0n) is 10.1. The number of amides is 1. The molecule has 19 heavy (non-hydrogen) atoms. The summed E-state index contributed by atoms with van der Waals surface area (Å²) >= 11 is 0. The summed E-state index contributed by atoms with van der Waals surface area (Å²) in [6, 6.07) is 4.93. The molecule has 0 bridgehead atoms. The molecule has 0 N–H and O–H groups in total. The third kappa shape index (κ3) is 1.77. The van der Waals surface area contributed by atoms with Gasteiger partial charge in [-0.05, 0) is 12.1 Å². The SMILES string of the molecule is COc1ccc2c(c1)N(Cc1cnoc1)C(=O)C2=O. The number of carbonyl (C=O) groups is 2. The predicted molar refractivity (Wildman–Crippen MR) is 65.0 cm³/mol. The molecule has 3 rings (SSSR count). The fraction of sp³-hybridized carbons (Fsp3) is 0.154. The maximum atomic E-state index is 12.0. The Kier molecular flexibility index (Phi) is 2.56. The number of methoxy groups -OCH3 is 1. The van der Waals surface area contributed by atoms with E-state index in [2.05, 4.69) is 5.16 Å². The van der Waals surface area contributed by atoms with E-state index >= 15 is 0 Å². The molecule has 6 nitrogen and oxygen atoms in total. The topological polar surface area (TPSA) is 72.6 Å². The molecular formula is C13H10N2O4. The number of nitrogens with zero attached hydrogens (tertiary/aromatic N) is 2. The van der Waals surface area contributed by atoms with E-state index in [1.54, 1.807) is 18.2 Å². The van der Waals surface area contributed by atoms with Crippen LogP contribution in [0, 0.1) is 0 Å². The van der Waals surface area contributed by atoms with Crippen molar-refractivity contribution in [3.05, 3.63) is 41.8 Å². The average molecular weight is 258 g/mol. The van der Waals surface area contributed by atoms with E-state index in [-0.39, 0.29) is 6.54 Å². The fourth-order valence-corrected chi connectivity index (χ4v) is 2.05. The lowest BCUT2D eigenvalue weighted by Gasteiger charge is -2.15. The summed E-state index contributed by atoms with van der Waals surface area (Å²) < 4.78 is 9.84. The smallest absolute Gasteiger partial charge is 0.299 e.